The van der Waals surface area contributed by atoms with Crippen LogP contribution in [0.5, 0.6) is 0 Å². The fraction of sp³-hybridized carbons (Fsp3) is 0.500. The van der Waals surface area contributed by atoms with Crippen LogP contribution in [0.3, 0.4) is 0 Å². The first-order valence-electron chi connectivity index (χ1n) is 5.72. The summed E-state index contributed by atoms with van der Waals surface area (Å²) in [5.74, 6) is 0. The van der Waals surface area contributed by atoms with Gasteiger partial charge in [-0.25, -0.2) is 0 Å². The van der Waals surface area contributed by atoms with Crippen molar-refractivity contribution in [2.45, 2.75) is 40.8 Å². The third kappa shape index (κ3) is 3.18. The highest BCUT2D eigenvalue weighted by molar-refractivity contribution is 5.49. The monoisotopic (exact) mass is 268 g/mol. The van der Waals surface area contributed by atoms with Crippen molar-refractivity contribution < 1.29 is 14.8 Å². The molecule has 0 radical (unpaired) electrons. The van der Waals surface area contributed by atoms with Crippen LogP contribution in [0.15, 0.2) is 0 Å². The summed E-state index contributed by atoms with van der Waals surface area (Å²) in [7, 11) is 0. The first-order chi connectivity index (χ1) is 8.75. The van der Waals surface area contributed by atoms with Gasteiger partial charge in [0.25, 0.3) is 5.09 Å². The second-order valence-electron chi connectivity index (χ2n) is 4.44. The van der Waals surface area contributed by atoms with E-state index < -0.39 is 10.0 Å². The Labute approximate surface area is 110 Å². The van der Waals surface area contributed by atoms with Gasteiger partial charge < -0.3 is 4.84 Å². The van der Waals surface area contributed by atoms with E-state index >= 15 is 0 Å². The molecule has 1 aromatic carbocycles. The number of rotatable bonds is 5. The molecule has 19 heavy (non-hydrogen) atoms. The average Bonchev–Trinajstić information content (AvgIpc) is 2.32. The average molecular weight is 268 g/mol. The lowest BCUT2D eigenvalue weighted by molar-refractivity contribution is -0.763. The summed E-state index contributed by atoms with van der Waals surface area (Å²) in [6.45, 7) is 6.75. The summed E-state index contributed by atoms with van der Waals surface area (Å²) in [6, 6.07) is 0. The highest BCUT2D eigenvalue weighted by Gasteiger charge is 2.19. The highest BCUT2D eigenvalue weighted by Crippen LogP contribution is 2.27. The molecule has 0 spiro atoms. The van der Waals surface area contributed by atoms with Gasteiger partial charge in [-0.1, -0.05) is 0 Å². The molecule has 7 nitrogen and oxygen atoms in total. The van der Waals surface area contributed by atoms with Crippen LogP contribution in [0.4, 0.5) is 0 Å². The molecule has 0 aromatic heterocycles. The SMILES string of the molecule is Cc1c(C)c(C)c(C[N+](=O)[O-])c(CO[N+](=O)[O-])c1C. The van der Waals surface area contributed by atoms with E-state index in [2.05, 4.69) is 4.84 Å². The zero-order chi connectivity index (χ0) is 14.7. The van der Waals surface area contributed by atoms with E-state index in [4.69, 9.17) is 0 Å². The summed E-state index contributed by atoms with van der Waals surface area (Å²) in [4.78, 5) is 25.0. The minimum atomic E-state index is -0.889. The molecule has 0 heterocycles. The molecule has 1 rings (SSSR count). The maximum absolute atomic E-state index is 10.7. The Morgan fingerprint density at radius 1 is 0.895 bits per heavy atom. The van der Waals surface area contributed by atoms with Crippen LogP contribution in [0.25, 0.3) is 0 Å². The molecule has 104 valence electrons. The number of hydrogen-bond acceptors (Lipinski definition) is 5. The predicted molar refractivity (Wildman–Crippen MR) is 67.9 cm³/mol. The van der Waals surface area contributed by atoms with Crippen molar-refractivity contribution in [2.24, 2.45) is 0 Å². The van der Waals surface area contributed by atoms with Gasteiger partial charge in [-0.3, -0.25) is 10.1 Å². The molecule has 0 aliphatic rings. The number of benzene rings is 1. The molecule has 1 aromatic rings. The van der Waals surface area contributed by atoms with Crippen LogP contribution < -0.4 is 0 Å². The van der Waals surface area contributed by atoms with Gasteiger partial charge in [0.1, 0.15) is 6.61 Å². The summed E-state index contributed by atoms with van der Waals surface area (Å²) < 4.78 is 0. The van der Waals surface area contributed by atoms with E-state index in [1.54, 1.807) is 13.8 Å². The summed E-state index contributed by atoms with van der Waals surface area (Å²) >= 11 is 0. The number of nitro groups is 1. The van der Waals surface area contributed by atoms with Gasteiger partial charge >= 0.3 is 0 Å². The number of hydrogen-bond donors (Lipinski definition) is 0. The summed E-state index contributed by atoms with van der Waals surface area (Å²) in [5, 5.41) is 20.2. The van der Waals surface area contributed by atoms with E-state index in [9.17, 15) is 20.2 Å². The smallest absolute Gasteiger partial charge is 0.294 e. The lowest BCUT2D eigenvalue weighted by Crippen LogP contribution is -2.12. The van der Waals surface area contributed by atoms with Gasteiger partial charge in [-0.15, -0.1) is 10.1 Å². The molecular formula is C12H16N2O5. The largest absolute Gasteiger partial charge is 0.309 e. The van der Waals surface area contributed by atoms with Crippen molar-refractivity contribution >= 4 is 0 Å². The third-order valence-corrected chi connectivity index (χ3v) is 3.56. The van der Waals surface area contributed by atoms with Crippen LogP contribution in [0.1, 0.15) is 33.4 Å². The molecule has 0 saturated heterocycles. The Kier molecular flexibility index (Phi) is 4.42. The van der Waals surface area contributed by atoms with Gasteiger partial charge in [-0.05, 0) is 55.5 Å². The highest BCUT2D eigenvalue weighted by atomic mass is 16.9. The quantitative estimate of drug-likeness (QED) is 0.603. The predicted octanol–water partition coefficient (Wildman–Crippen LogP) is 2.41. The lowest BCUT2D eigenvalue weighted by Gasteiger charge is -2.18. The Bertz CT molecular complexity index is 540. The Hall–Kier alpha value is -2.18. The minimum Gasteiger partial charge on any atom is -0.309 e. The van der Waals surface area contributed by atoms with Crippen LogP contribution in [0, 0.1) is 47.9 Å². The second kappa shape index (κ2) is 5.64. The van der Waals surface area contributed by atoms with Gasteiger partial charge in [0.2, 0.25) is 6.54 Å². The number of nitrogens with zero attached hydrogens (tertiary/aromatic N) is 2. The molecule has 0 unspecified atom stereocenters. The summed E-state index contributed by atoms with van der Waals surface area (Å²) in [6.07, 6.45) is 0. The van der Waals surface area contributed by atoms with Gasteiger partial charge in [0.15, 0.2) is 0 Å². The van der Waals surface area contributed by atoms with Crippen molar-refractivity contribution in [3.8, 4) is 0 Å². The maximum atomic E-state index is 10.7. The molecule has 0 N–H and O–H groups in total. The van der Waals surface area contributed by atoms with Crippen molar-refractivity contribution in [3.05, 3.63) is 53.6 Å². The van der Waals surface area contributed by atoms with E-state index in [-0.39, 0.29) is 13.2 Å². The zero-order valence-corrected chi connectivity index (χ0v) is 11.3. The first kappa shape index (κ1) is 14.9. The van der Waals surface area contributed by atoms with Crippen molar-refractivity contribution in [1.82, 2.24) is 0 Å². The van der Waals surface area contributed by atoms with Gasteiger partial charge in [0, 0.05) is 10.5 Å². The van der Waals surface area contributed by atoms with Crippen LogP contribution >= 0.6 is 0 Å². The normalized spacial score (nSPS) is 10.3. The topological polar surface area (TPSA) is 95.5 Å². The second-order valence-corrected chi connectivity index (χ2v) is 4.44. The lowest BCUT2D eigenvalue weighted by atomic mass is 9.89. The molecule has 0 aliphatic heterocycles. The molecule has 7 heteroatoms. The minimum absolute atomic E-state index is 0.260. The zero-order valence-electron chi connectivity index (χ0n) is 11.3. The maximum Gasteiger partial charge on any atom is 0.294 e. The van der Waals surface area contributed by atoms with Crippen molar-refractivity contribution in [3.63, 3.8) is 0 Å². The fourth-order valence-corrected chi connectivity index (χ4v) is 2.12. The van der Waals surface area contributed by atoms with Crippen molar-refractivity contribution in [1.29, 1.82) is 0 Å². The molecular weight excluding hydrogens is 252 g/mol. The summed E-state index contributed by atoms with van der Waals surface area (Å²) in [5.41, 5.74) is 4.59. The van der Waals surface area contributed by atoms with E-state index in [1.165, 1.54) is 0 Å². The molecule has 0 bridgehead atoms. The molecule has 0 aliphatic carbocycles. The van der Waals surface area contributed by atoms with Crippen LogP contribution in [0.2, 0.25) is 0 Å². The molecule has 0 fully saturated rings. The van der Waals surface area contributed by atoms with Gasteiger partial charge in [0.05, 0.1) is 0 Å². The third-order valence-electron chi connectivity index (χ3n) is 3.56. The standard InChI is InChI=1S/C12H16N2O5/c1-7-8(2)10(4)12(6-19-14(17)18)11(9(7)3)5-13(15)16/h5-6H2,1-4H3. The molecule has 0 saturated carbocycles. The van der Waals surface area contributed by atoms with E-state index in [1.807, 2.05) is 13.8 Å². The van der Waals surface area contributed by atoms with E-state index in [0.717, 1.165) is 22.3 Å². The molecule has 0 amide bonds. The van der Waals surface area contributed by atoms with E-state index in [0.29, 0.717) is 11.1 Å². The first-order valence-corrected chi connectivity index (χ1v) is 5.72. The molecule has 0 atom stereocenters. The van der Waals surface area contributed by atoms with Crippen molar-refractivity contribution in [2.75, 3.05) is 0 Å². The fourth-order valence-electron chi connectivity index (χ4n) is 2.12. The Balaban J connectivity index is 3.38. The van der Waals surface area contributed by atoms with Gasteiger partial charge in [-0.2, -0.15) is 0 Å². The van der Waals surface area contributed by atoms with Crippen LogP contribution in [-0.4, -0.2) is 10.0 Å². The Morgan fingerprint density at radius 2 is 1.37 bits per heavy atom. The van der Waals surface area contributed by atoms with Crippen LogP contribution in [-0.2, 0) is 18.0 Å². The Morgan fingerprint density at radius 3 is 1.79 bits per heavy atom.